The second-order valence-corrected chi connectivity index (χ2v) is 6.67. The lowest BCUT2D eigenvalue weighted by Crippen LogP contribution is -2.35. The van der Waals surface area contributed by atoms with Crippen LogP contribution in [0.1, 0.15) is 11.1 Å². The first-order chi connectivity index (χ1) is 13.6. The molecule has 28 heavy (non-hydrogen) atoms. The van der Waals surface area contributed by atoms with Gasteiger partial charge >= 0.3 is 0 Å². The first-order valence-electron chi connectivity index (χ1n) is 9.00. The molecule has 1 N–H and O–H groups in total. The highest BCUT2D eigenvalue weighted by Gasteiger charge is 2.26. The summed E-state index contributed by atoms with van der Waals surface area (Å²) < 4.78 is 33.0. The fraction of sp³-hybridized carbons (Fsp3) is 0.182. The summed E-state index contributed by atoms with van der Waals surface area (Å²) in [4.78, 5) is 16.2. The molecule has 4 rings (SSSR count). The van der Waals surface area contributed by atoms with Crippen molar-refractivity contribution in [3.05, 3.63) is 83.7 Å². The number of amides is 1. The van der Waals surface area contributed by atoms with E-state index in [2.05, 4.69) is 10.3 Å². The van der Waals surface area contributed by atoms with E-state index in [1.165, 1.54) is 12.1 Å². The van der Waals surface area contributed by atoms with E-state index in [4.69, 9.17) is 4.74 Å². The Morgan fingerprint density at radius 2 is 1.89 bits per heavy atom. The van der Waals surface area contributed by atoms with Crippen molar-refractivity contribution >= 4 is 5.91 Å². The van der Waals surface area contributed by atoms with Crippen molar-refractivity contribution in [2.24, 2.45) is 0 Å². The zero-order valence-corrected chi connectivity index (χ0v) is 15.0. The van der Waals surface area contributed by atoms with Gasteiger partial charge in [-0.2, -0.15) is 0 Å². The summed E-state index contributed by atoms with van der Waals surface area (Å²) in [5.74, 6) is -1.50. The lowest BCUT2D eigenvalue weighted by molar-refractivity contribution is -0.120. The maximum atomic E-state index is 13.7. The minimum Gasteiger partial charge on any atom is -0.487 e. The number of benzene rings is 2. The Balaban J connectivity index is 1.39. The van der Waals surface area contributed by atoms with Crippen LogP contribution in [0.25, 0.3) is 11.1 Å². The number of carbonyl (C=O) groups is 1. The van der Waals surface area contributed by atoms with Crippen LogP contribution in [0.3, 0.4) is 0 Å². The molecule has 1 aliphatic rings. The zero-order chi connectivity index (χ0) is 19.5. The molecular formula is C22H18F2N2O2. The molecule has 3 aromatic rings. The lowest BCUT2D eigenvalue weighted by atomic mass is 10.0. The van der Waals surface area contributed by atoms with Gasteiger partial charge in [-0.05, 0) is 29.3 Å². The van der Waals surface area contributed by atoms with E-state index in [-0.39, 0.29) is 24.0 Å². The van der Waals surface area contributed by atoms with Crippen molar-refractivity contribution in [2.75, 3.05) is 6.54 Å². The van der Waals surface area contributed by atoms with Gasteiger partial charge in [0.25, 0.3) is 0 Å². The average molecular weight is 380 g/mol. The molecule has 0 bridgehead atoms. The van der Waals surface area contributed by atoms with Gasteiger partial charge in [-0.1, -0.05) is 30.3 Å². The summed E-state index contributed by atoms with van der Waals surface area (Å²) in [6.45, 7) is 0.292. The number of ether oxygens (including phenoxy) is 1. The van der Waals surface area contributed by atoms with Crippen molar-refractivity contribution in [1.82, 2.24) is 10.3 Å². The zero-order valence-electron chi connectivity index (χ0n) is 15.0. The number of aromatic nitrogens is 1. The summed E-state index contributed by atoms with van der Waals surface area (Å²) in [7, 11) is 0. The fourth-order valence-electron chi connectivity index (χ4n) is 3.36. The van der Waals surface area contributed by atoms with Gasteiger partial charge < -0.3 is 10.1 Å². The van der Waals surface area contributed by atoms with E-state index in [0.717, 1.165) is 28.5 Å². The first-order valence-corrected chi connectivity index (χ1v) is 9.00. The molecule has 0 saturated heterocycles. The predicted octanol–water partition coefficient (Wildman–Crippen LogP) is 3.69. The van der Waals surface area contributed by atoms with Crippen LogP contribution in [0, 0.1) is 11.6 Å². The number of nitrogens with zero attached hydrogens (tertiary/aromatic N) is 1. The number of hydrogen-bond acceptors (Lipinski definition) is 3. The number of fused-ring (bicyclic) bond motifs is 1. The summed E-state index contributed by atoms with van der Waals surface area (Å²) in [5, 5.41) is 2.75. The molecule has 2 aromatic carbocycles. The smallest absolute Gasteiger partial charge is 0.224 e. The molecule has 6 heteroatoms. The van der Waals surface area contributed by atoms with Crippen molar-refractivity contribution in [2.45, 2.75) is 18.9 Å². The van der Waals surface area contributed by atoms with Gasteiger partial charge in [0.1, 0.15) is 11.9 Å². The number of hydrogen-bond donors (Lipinski definition) is 1. The second-order valence-electron chi connectivity index (χ2n) is 6.67. The molecular weight excluding hydrogens is 362 g/mol. The Hall–Kier alpha value is -3.28. The van der Waals surface area contributed by atoms with Crippen LogP contribution >= 0.6 is 0 Å². The number of rotatable bonds is 5. The van der Waals surface area contributed by atoms with Crippen LogP contribution in [0.4, 0.5) is 8.78 Å². The van der Waals surface area contributed by atoms with Crippen LogP contribution in [0.2, 0.25) is 0 Å². The normalized spacial score (nSPS) is 15.0. The van der Waals surface area contributed by atoms with Crippen LogP contribution in [0.15, 0.2) is 60.9 Å². The number of pyridine rings is 1. The molecule has 1 amide bonds. The van der Waals surface area contributed by atoms with Crippen LogP contribution in [-0.2, 0) is 17.6 Å². The Labute approximate surface area is 161 Å². The predicted molar refractivity (Wildman–Crippen MR) is 101 cm³/mol. The monoisotopic (exact) mass is 380 g/mol. The SMILES string of the molecule is O=C(Cc1cccc(F)c1F)NC[C@@H]1Cc2cccc(-c3ccncc3)c2O1. The van der Waals surface area contributed by atoms with Gasteiger partial charge in [0.15, 0.2) is 11.6 Å². The molecule has 0 unspecified atom stereocenters. The largest absolute Gasteiger partial charge is 0.487 e. The lowest BCUT2D eigenvalue weighted by Gasteiger charge is -2.14. The van der Waals surface area contributed by atoms with Gasteiger partial charge in [0, 0.05) is 29.9 Å². The van der Waals surface area contributed by atoms with E-state index < -0.39 is 11.6 Å². The third kappa shape index (κ3) is 3.71. The van der Waals surface area contributed by atoms with Gasteiger partial charge in [-0.3, -0.25) is 9.78 Å². The Bertz CT molecular complexity index is 1010. The maximum Gasteiger partial charge on any atom is 0.224 e. The summed E-state index contributed by atoms with van der Waals surface area (Å²) in [5.41, 5.74) is 3.10. The number of carbonyl (C=O) groups excluding carboxylic acids is 1. The minimum absolute atomic E-state index is 0.0353. The highest BCUT2D eigenvalue weighted by Crippen LogP contribution is 2.38. The molecule has 0 spiro atoms. The van der Waals surface area contributed by atoms with E-state index in [1.54, 1.807) is 12.4 Å². The van der Waals surface area contributed by atoms with E-state index in [1.807, 2.05) is 30.3 Å². The summed E-state index contributed by atoms with van der Waals surface area (Å²) >= 11 is 0. The molecule has 0 fully saturated rings. The van der Waals surface area contributed by atoms with Gasteiger partial charge in [-0.25, -0.2) is 8.78 Å². The van der Waals surface area contributed by atoms with Crippen LogP contribution < -0.4 is 10.1 Å². The number of nitrogens with one attached hydrogen (secondary N) is 1. The second kappa shape index (κ2) is 7.76. The molecule has 0 aliphatic carbocycles. The van der Waals surface area contributed by atoms with Gasteiger partial charge in [-0.15, -0.1) is 0 Å². The topological polar surface area (TPSA) is 51.2 Å². The third-order valence-corrected chi connectivity index (χ3v) is 4.73. The Morgan fingerprint density at radius 1 is 1.11 bits per heavy atom. The van der Waals surface area contributed by atoms with Crippen LogP contribution in [0.5, 0.6) is 5.75 Å². The van der Waals surface area contributed by atoms with Crippen molar-refractivity contribution in [3.8, 4) is 16.9 Å². The molecule has 1 aromatic heterocycles. The van der Waals surface area contributed by atoms with Gasteiger partial charge in [0.2, 0.25) is 5.91 Å². The van der Waals surface area contributed by atoms with E-state index >= 15 is 0 Å². The standard InChI is InChI=1S/C22H18F2N2O2/c23-19-6-2-3-15(21(19)24)12-20(27)26-13-17-11-16-4-1-5-18(22(16)28-17)14-7-9-25-10-8-14/h1-10,17H,11-13H2,(H,26,27)/t17-/m0/s1. The van der Waals surface area contributed by atoms with Crippen molar-refractivity contribution < 1.29 is 18.3 Å². The maximum absolute atomic E-state index is 13.7. The fourth-order valence-corrected chi connectivity index (χ4v) is 3.36. The molecule has 1 aliphatic heterocycles. The minimum atomic E-state index is -0.982. The first kappa shape index (κ1) is 18.1. The number of para-hydroxylation sites is 1. The third-order valence-electron chi connectivity index (χ3n) is 4.73. The average Bonchev–Trinajstić information content (AvgIpc) is 3.14. The number of halogens is 2. The van der Waals surface area contributed by atoms with E-state index in [0.29, 0.717) is 13.0 Å². The molecule has 1 atom stereocenters. The highest BCUT2D eigenvalue weighted by atomic mass is 19.2. The molecule has 0 saturated carbocycles. The van der Waals surface area contributed by atoms with Gasteiger partial charge in [0.05, 0.1) is 13.0 Å². The Kier molecular flexibility index (Phi) is 5.02. The molecule has 142 valence electrons. The molecule has 4 nitrogen and oxygen atoms in total. The quantitative estimate of drug-likeness (QED) is 0.735. The highest BCUT2D eigenvalue weighted by molar-refractivity contribution is 5.78. The van der Waals surface area contributed by atoms with Crippen LogP contribution in [-0.4, -0.2) is 23.5 Å². The Morgan fingerprint density at radius 3 is 2.71 bits per heavy atom. The molecule has 0 radical (unpaired) electrons. The molecule has 2 heterocycles. The van der Waals surface area contributed by atoms with Crippen molar-refractivity contribution in [3.63, 3.8) is 0 Å². The summed E-state index contributed by atoms with van der Waals surface area (Å²) in [6, 6.07) is 13.6. The van der Waals surface area contributed by atoms with Crippen molar-refractivity contribution in [1.29, 1.82) is 0 Å². The summed E-state index contributed by atoms with van der Waals surface area (Å²) in [6.07, 6.45) is 3.70. The van der Waals surface area contributed by atoms with E-state index in [9.17, 15) is 13.6 Å².